The van der Waals surface area contributed by atoms with Crippen molar-refractivity contribution in [3.8, 4) is 0 Å². The Morgan fingerprint density at radius 1 is 1.50 bits per heavy atom. The quantitative estimate of drug-likeness (QED) is 0.788. The fraction of sp³-hybridized carbons (Fsp3) is 0.727. The van der Waals surface area contributed by atoms with Crippen LogP contribution in [-0.2, 0) is 17.1 Å². The van der Waals surface area contributed by atoms with E-state index in [2.05, 4.69) is 9.71 Å². The lowest BCUT2D eigenvalue weighted by atomic mass is 10.1. The van der Waals surface area contributed by atoms with Gasteiger partial charge in [-0.25, -0.2) is 18.1 Å². The normalized spacial score (nSPS) is 15.6. The molecule has 0 aliphatic rings. The van der Waals surface area contributed by atoms with E-state index >= 15 is 0 Å². The van der Waals surface area contributed by atoms with Crippen LogP contribution in [0.25, 0.3) is 0 Å². The summed E-state index contributed by atoms with van der Waals surface area (Å²) in [4.78, 5) is 3.98. The Labute approximate surface area is 108 Å². The van der Waals surface area contributed by atoms with E-state index in [1.54, 1.807) is 25.5 Å². The molecule has 1 aromatic heterocycles. The topological polar surface area (TPSA) is 84.2 Å². The van der Waals surface area contributed by atoms with Crippen molar-refractivity contribution in [2.24, 2.45) is 13.0 Å². The Morgan fingerprint density at radius 2 is 2.11 bits per heavy atom. The van der Waals surface area contributed by atoms with Gasteiger partial charge in [0.15, 0.2) is 5.03 Å². The van der Waals surface area contributed by atoms with Crippen molar-refractivity contribution in [1.82, 2.24) is 14.3 Å². The summed E-state index contributed by atoms with van der Waals surface area (Å²) in [6, 6.07) is 0. The highest BCUT2D eigenvalue weighted by atomic mass is 32.2. The van der Waals surface area contributed by atoms with Gasteiger partial charge in [0, 0.05) is 19.8 Å². The molecule has 0 bridgehead atoms. The van der Waals surface area contributed by atoms with E-state index in [0.717, 1.165) is 0 Å². The molecule has 104 valence electrons. The highest BCUT2D eigenvalue weighted by molar-refractivity contribution is 7.89. The Bertz CT molecular complexity index is 474. The fourth-order valence-electron chi connectivity index (χ4n) is 1.65. The highest BCUT2D eigenvalue weighted by Gasteiger charge is 2.19. The SMILES string of the molecule is Cc1nc(S(=O)(=O)NCC(C)CC(C)O)cn1C. The molecule has 0 saturated heterocycles. The number of aromatic nitrogens is 2. The average molecular weight is 275 g/mol. The molecule has 2 N–H and O–H groups in total. The second-order valence-electron chi connectivity index (χ2n) is 4.78. The number of nitrogens with one attached hydrogen (secondary N) is 1. The van der Waals surface area contributed by atoms with Crippen LogP contribution in [0.5, 0.6) is 0 Å². The van der Waals surface area contributed by atoms with Crippen LogP contribution >= 0.6 is 0 Å². The minimum atomic E-state index is -3.56. The van der Waals surface area contributed by atoms with Gasteiger partial charge >= 0.3 is 0 Å². The molecule has 1 heterocycles. The van der Waals surface area contributed by atoms with Crippen molar-refractivity contribution in [2.75, 3.05) is 6.54 Å². The van der Waals surface area contributed by atoms with E-state index < -0.39 is 16.1 Å². The number of aryl methyl sites for hydroxylation is 2. The van der Waals surface area contributed by atoms with Gasteiger partial charge in [-0.05, 0) is 26.2 Å². The zero-order chi connectivity index (χ0) is 13.9. The van der Waals surface area contributed by atoms with Crippen molar-refractivity contribution in [2.45, 2.75) is 38.3 Å². The monoisotopic (exact) mass is 275 g/mol. The van der Waals surface area contributed by atoms with Crippen LogP contribution in [-0.4, -0.2) is 35.7 Å². The largest absolute Gasteiger partial charge is 0.393 e. The summed E-state index contributed by atoms with van der Waals surface area (Å²) in [5.74, 6) is 0.719. The van der Waals surface area contributed by atoms with Gasteiger partial charge in [-0.3, -0.25) is 0 Å². The third-order valence-electron chi connectivity index (χ3n) is 2.73. The number of sulfonamides is 1. The molecule has 7 heteroatoms. The van der Waals surface area contributed by atoms with Crippen LogP contribution in [0, 0.1) is 12.8 Å². The number of rotatable bonds is 6. The van der Waals surface area contributed by atoms with E-state index in [1.807, 2.05) is 6.92 Å². The first-order chi connectivity index (χ1) is 8.22. The third kappa shape index (κ3) is 4.08. The van der Waals surface area contributed by atoms with Crippen molar-refractivity contribution in [1.29, 1.82) is 0 Å². The van der Waals surface area contributed by atoms with Gasteiger partial charge in [-0.2, -0.15) is 0 Å². The van der Waals surface area contributed by atoms with Crippen LogP contribution in [0.1, 0.15) is 26.1 Å². The van der Waals surface area contributed by atoms with E-state index in [4.69, 9.17) is 0 Å². The van der Waals surface area contributed by atoms with E-state index in [9.17, 15) is 13.5 Å². The Morgan fingerprint density at radius 3 is 2.56 bits per heavy atom. The van der Waals surface area contributed by atoms with Crippen molar-refractivity contribution in [3.63, 3.8) is 0 Å². The molecule has 0 radical (unpaired) electrons. The molecule has 1 rings (SSSR count). The van der Waals surface area contributed by atoms with Crippen molar-refractivity contribution >= 4 is 10.0 Å². The molecule has 2 atom stereocenters. The Hall–Kier alpha value is -0.920. The minimum Gasteiger partial charge on any atom is -0.393 e. The predicted molar refractivity (Wildman–Crippen MR) is 68.6 cm³/mol. The molecule has 1 aromatic rings. The summed E-state index contributed by atoms with van der Waals surface area (Å²) >= 11 is 0. The third-order valence-corrected chi connectivity index (χ3v) is 4.02. The van der Waals surface area contributed by atoms with Gasteiger partial charge in [0.1, 0.15) is 5.82 Å². The van der Waals surface area contributed by atoms with Gasteiger partial charge in [0.2, 0.25) is 0 Å². The molecule has 0 aliphatic carbocycles. The second kappa shape index (κ2) is 5.81. The summed E-state index contributed by atoms with van der Waals surface area (Å²) in [6.07, 6.45) is 1.61. The lowest BCUT2D eigenvalue weighted by Gasteiger charge is -2.13. The Kier molecular flexibility index (Phi) is 4.89. The summed E-state index contributed by atoms with van der Waals surface area (Å²) < 4.78 is 28.0. The molecule has 0 amide bonds. The van der Waals surface area contributed by atoms with Gasteiger partial charge in [0.25, 0.3) is 10.0 Å². The zero-order valence-electron chi connectivity index (χ0n) is 11.2. The van der Waals surface area contributed by atoms with Gasteiger partial charge < -0.3 is 9.67 Å². The van der Waals surface area contributed by atoms with Gasteiger partial charge in [0.05, 0.1) is 6.10 Å². The minimum absolute atomic E-state index is 0.0340. The number of aliphatic hydroxyl groups excluding tert-OH is 1. The van der Waals surface area contributed by atoms with Crippen LogP contribution in [0.2, 0.25) is 0 Å². The fourth-order valence-corrected chi connectivity index (χ4v) is 2.85. The van der Waals surface area contributed by atoms with E-state index in [1.165, 1.54) is 6.20 Å². The molecule has 2 unspecified atom stereocenters. The lowest BCUT2D eigenvalue weighted by molar-refractivity contribution is 0.165. The molecule has 18 heavy (non-hydrogen) atoms. The van der Waals surface area contributed by atoms with Crippen LogP contribution < -0.4 is 4.72 Å². The molecule has 0 fully saturated rings. The van der Waals surface area contributed by atoms with Crippen LogP contribution in [0.3, 0.4) is 0 Å². The smallest absolute Gasteiger partial charge is 0.259 e. The molecule has 0 aromatic carbocycles. The first kappa shape index (κ1) is 15.1. The van der Waals surface area contributed by atoms with E-state index in [0.29, 0.717) is 18.8 Å². The lowest BCUT2D eigenvalue weighted by Crippen LogP contribution is -2.29. The Balaban J connectivity index is 2.66. The van der Waals surface area contributed by atoms with Gasteiger partial charge in [-0.1, -0.05) is 6.92 Å². The molecule has 6 nitrogen and oxygen atoms in total. The predicted octanol–water partition coefficient (Wildman–Crippen LogP) is 0.414. The van der Waals surface area contributed by atoms with Crippen molar-refractivity contribution < 1.29 is 13.5 Å². The summed E-state index contributed by atoms with van der Waals surface area (Å²) in [5.41, 5.74) is 0. The first-order valence-corrected chi connectivity index (χ1v) is 7.38. The van der Waals surface area contributed by atoms with Crippen molar-refractivity contribution in [3.05, 3.63) is 12.0 Å². The molecule has 0 aliphatic heterocycles. The maximum atomic E-state index is 11.9. The molecule has 0 saturated carbocycles. The standard InChI is InChI=1S/C11H21N3O3S/c1-8(5-9(2)15)6-12-18(16,17)11-7-14(4)10(3)13-11/h7-9,12,15H,5-6H2,1-4H3. The summed E-state index contributed by atoms with van der Waals surface area (Å²) in [7, 11) is -1.81. The molecular formula is C11H21N3O3S. The van der Waals surface area contributed by atoms with E-state index in [-0.39, 0.29) is 10.9 Å². The number of aliphatic hydroxyl groups is 1. The van der Waals surface area contributed by atoms with Crippen LogP contribution in [0.15, 0.2) is 11.2 Å². The maximum absolute atomic E-state index is 11.9. The van der Waals surface area contributed by atoms with Gasteiger partial charge in [-0.15, -0.1) is 0 Å². The number of imidazole rings is 1. The van der Waals surface area contributed by atoms with Crippen LogP contribution in [0.4, 0.5) is 0 Å². The molecular weight excluding hydrogens is 254 g/mol. The summed E-state index contributed by atoms with van der Waals surface area (Å²) in [5, 5.41) is 9.25. The highest BCUT2D eigenvalue weighted by Crippen LogP contribution is 2.09. The summed E-state index contributed by atoms with van der Waals surface area (Å²) in [6.45, 7) is 5.62. The average Bonchev–Trinajstić information content (AvgIpc) is 2.56. The number of hydrogen-bond acceptors (Lipinski definition) is 4. The number of nitrogens with zero attached hydrogens (tertiary/aromatic N) is 2. The second-order valence-corrected chi connectivity index (χ2v) is 6.49. The first-order valence-electron chi connectivity index (χ1n) is 5.90. The zero-order valence-corrected chi connectivity index (χ0v) is 12.0. The number of hydrogen-bond donors (Lipinski definition) is 2. The molecule has 0 spiro atoms. The maximum Gasteiger partial charge on any atom is 0.259 e.